The van der Waals surface area contributed by atoms with Crippen LogP contribution in [0.4, 0.5) is 16.2 Å². The highest BCUT2D eigenvalue weighted by Gasteiger charge is 2.17. The number of benzene rings is 2. The van der Waals surface area contributed by atoms with Crippen molar-refractivity contribution in [3.05, 3.63) is 64.2 Å². The fourth-order valence-corrected chi connectivity index (χ4v) is 7.33. The zero-order valence-corrected chi connectivity index (χ0v) is 33.4. The van der Waals surface area contributed by atoms with Crippen molar-refractivity contribution in [3.63, 3.8) is 0 Å². The summed E-state index contributed by atoms with van der Waals surface area (Å²) in [6, 6.07) is 13.2. The van der Waals surface area contributed by atoms with Gasteiger partial charge in [-0.25, -0.2) is 4.79 Å². The summed E-state index contributed by atoms with van der Waals surface area (Å²) in [7, 11) is 4.39. The predicted molar refractivity (Wildman–Crippen MR) is 213 cm³/mol. The van der Waals surface area contributed by atoms with E-state index >= 15 is 0 Å². The molecule has 1 atom stereocenters. The normalized spacial score (nSPS) is 11.9. The smallest absolute Gasteiger partial charge is 0.513 e. The van der Waals surface area contributed by atoms with Crippen molar-refractivity contribution in [1.82, 2.24) is 0 Å². The van der Waals surface area contributed by atoms with Crippen LogP contribution in [0, 0.1) is 10.1 Å². The third kappa shape index (κ3) is 23.8. The number of quaternary nitrogens is 1. The van der Waals surface area contributed by atoms with E-state index in [2.05, 4.69) is 17.4 Å². The van der Waals surface area contributed by atoms with E-state index in [0.29, 0.717) is 36.5 Å². The number of non-ortho nitro benzene ring substituents is 1. The van der Waals surface area contributed by atoms with Gasteiger partial charge in [-0.1, -0.05) is 95.6 Å². The van der Waals surface area contributed by atoms with Crippen LogP contribution in [-0.2, 0) is 16.0 Å². The van der Waals surface area contributed by atoms with Gasteiger partial charge in [0.05, 0.1) is 40.4 Å². The Morgan fingerprint density at radius 1 is 0.736 bits per heavy atom. The minimum atomic E-state index is -1.59. The number of nitrogens with zero attached hydrogens (tertiary/aromatic N) is 2. The molecule has 0 heterocycles. The molecule has 2 rings (SSSR count). The van der Waals surface area contributed by atoms with Crippen molar-refractivity contribution >= 4 is 36.7 Å². The number of likely N-dealkylation sites (N-methyl/N-ethyl adjacent to an activating group) is 1. The SMILES string of the molecule is C[N+](C)(C)C/C(O)=[P+](\[O-])CCCCCCCCCCCCCCCCCCc1ccc(NC(=O)CCCCOC(=O)Oc2ccc([N+](=O)[O-])cc2)cc1. The van der Waals surface area contributed by atoms with E-state index < -0.39 is 18.9 Å². The molecular formula is C41H65N3O8P+. The summed E-state index contributed by atoms with van der Waals surface area (Å²) < 4.78 is 10.6. The number of hydrogen-bond acceptors (Lipinski definition) is 7. The lowest BCUT2D eigenvalue weighted by Crippen LogP contribution is -2.39. The first-order chi connectivity index (χ1) is 25.4. The van der Waals surface area contributed by atoms with Crippen molar-refractivity contribution in [2.24, 2.45) is 0 Å². The molecule has 1 unspecified atom stereocenters. The van der Waals surface area contributed by atoms with Crippen LogP contribution >= 0.6 is 7.77 Å². The number of carbonyl (C=O) groups is 2. The second kappa shape index (κ2) is 27.2. The second-order valence-electron chi connectivity index (χ2n) is 15.0. The Labute approximate surface area is 318 Å². The molecule has 2 aromatic carbocycles. The summed E-state index contributed by atoms with van der Waals surface area (Å²) in [5, 5.41) is 23.6. The van der Waals surface area contributed by atoms with Crippen LogP contribution in [0.15, 0.2) is 48.5 Å². The first-order valence-electron chi connectivity index (χ1n) is 19.7. The van der Waals surface area contributed by atoms with Crippen molar-refractivity contribution in [2.75, 3.05) is 45.8 Å². The van der Waals surface area contributed by atoms with Gasteiger partial charge in [0.25, 0.3) is 11.2 Å². The number of anilines is 1. The molecule has 0 aliphatic rings. The summed E-state index contributed by atoms with van der Waals surface area (Å²) in [5.74, 6) is 0.0630. The average Bonchev–Trinajstić information content (AvgIpc) is 3.11. The molecular weight excluding hydrogens is 693 g/mol. The van der Waals surface area contributed by atoms with Gasteiger partial charge in [0.1, 0.15) is 11.9 Å². The minimum Gasteiger partial charge on any atom is -0.629 e. The Bertz CT molecular complexity index is 1360. The Kier molecular flexibility index (Phi) is 23.5. The highest BCUT2D eigenvalue weighted by atomic mass is 31.1. The Balaban J connectivity index is 1.36. The summed E-state index contributed by atoms with van der Waals surface area (Å²) >= 11 is 0. The highest BCUT2D eigenvalue weighted by Crippen LogP contribution is 2.20. The zero-order chi connectivity index (χ0) is 38.7. The molecule has 0 saturated carbocycles. The Hall–Kier alpha value is -3.37. The number of aryl methyl sites for hydroxylation is 1. The molecule has 2 aromatic rings. The van der Waals surface area contributed by atoms with Crippen LogP contribution in [-0.4, -0.2) is 72.5 Å². The lowest BCUT2D eigenvalue weighted by molar-refractivity contribution is -0.861. The van der Waals surface area contributed by atoms with Gasteiger partial charge in [-0.3, -0.25) is 14.9 Å². The van der Waals surface area contributed by atoms with E-state index in [1.165, 1.54) is 120 Å². The van der Waals surface area contributed by atoms with Gasteiger partial charge in [0, 0.05) is 24.2 Å². The van der Waals surface area contributed by atoms with Gasteiger partial charge in [-0.05, 0) is 68.4 Å². The molecule has 2 N–H and O–H groups in total. The zero-order valence-electron chi connectivity index (χ0n) is 32.5. The number of nitrogens with one attached hydrogen (secondary N) is 1. The first-order valence-corrected chi connectivity index (χ1v) is 21.2. The number of amides is 1. The van der Waals surface area contributed by atoms with Gasteiger partial charge >= 0.3 is 6.16 Å². The molecule has 0 bridgehead atoms. The lowest BCUT2D eigenvalue weighted by Gasteiger charge is -2.22. The van der Waals surface area contributed by atoms with Gasteiger partial charge in [-0.2, -0.15) is 0 Å². The topological polar surface area (TPSA) is 151 Å². The number of aliphatic hydroxyl groups is 1. The van der Waals surface area contributed by atoms with Gasteiger partial charge in [0.15, 0.2) is 6.54 Å². The lowest BCUT2D eigenvalue weighted by atomic mass is 10.0. The van der Waals surface area contributed by atoms with Crippen LogP contribution in [0.2, 0.25) is 0 Å². The van der Waals surface area contributed by atoms with Crippen molar-refractivity contribution in [1.29, 1.82) is 0 Å². The largest absolute Gasteiger partial charge is 0.629 e. The molecule has 53 heavy (non-hydrogen) atoms. The molecule has 1 amide bonds. The van der Waals surface area contributed by atoms with E-state index in [1.807, 2.05) is 33.3 Å². The van der Waals surface area contributed by atoms with Crippen LogP contribution in [0.5, 0.6) is 5.75 Å². The van der Waals surface area contributed by atoms with Gasteiger partial charge in [0.2, 0.25) is 5.91 Å². The molecule has 0 aromatic heterocycles. The summed E-state index contributed by atoms with van der Waals surface area (Å²) in [6.07, 6.45) is 22.3. The average molecular weight is 759 g/mol. The van der Waals surface area contributed by atoms with Crippen molar-refractivity contribution < 1.29 is 38.5 Å². The standard InChI is InChI=1S/C41H64N3O8P/c1-44(2,3)34-40(46)53(50)33-21-17-15-13-11-9-7-5-4-6-8-10-12-14-16-18-22-35-24-26-36(27-25-35)42-39(45)23-19-20-32-51-41(47)52-38-30-28-37(29-31-38)43(48)49/h24-31H,4-23,32-34H2,1-3H3,(H-,42,45,46)/p+1. The molecule has 296 valence electrons. The third-order valence-corrected chi connectivity index (χ3v) is 10.4. The van der Waals surface area contributed by atoms with E-state index in [-0.39, 0.29) is 29.4 Å². The van der Waals surface area contributed by atoms with E-state index in [0.717, 1.165) is 24.9 Å². The number of rotatable bonds is 29. The molecule has 0 aliphatic carbocycles. The quantitative estimate of drug-likeness (QED) is 0.0158. The summed E-state index contributed by atoms with van der Waals surface area (Å²) in [6.45, 7) is 0.572. The minimum absolute atomic E-state index is 0.0924. The molecule has 12 heteroatoms. The van der Waals surface area contributed by atoms with Gasteiger partial charge in [-0.15, -0.1) is 0 Å². The third-order valence-electron chi connectivity index (χ3n) is 8.98. The molecule has 0 fully saturated rings. The maximum atomic E-state index is 12.3. The number of nitro benzene ring substituents is 1. The molecule has 0 radical (unpaired) electrons. The number of hydrogen-bond donors (Lipinski definition) is 2. The molecule has 11 nitrogen and oxygen atoms in total. The molecule has 0 saturated heterocycles. The molecule has 0 aliphatic heterocycles. The van der Waals surface area contributed by atoms with Crippen molar-refractivity contribution in [2.45, 2.75) is 128 Å². The fraction of sp³-hybridized carbons (Fsp3) is 0.634. The number of aliphatic hydroxyl groups excluding tert-OH is 1. The summed E-state index contributed by atoms with van der Waals surface area (Å²) in [4.78, 5) is 46.4. The number of nitro groups is 1. The predicted octanol–water partition coefficient (Wildman–Crippen LogP) is 9.67. The first kappa shape index (κ1) is 45.8. The van der Waals surface area contributed by atoms with Crippen LogP contribution in [0.3, 0.4) is 0 Å². The Morgan fingerprint density at radius 2 is 1.25 bits per heavy atom. The van der Waals surface area contributed by atoms with Crippen molar-refractivity contribution in [3.8, 4) is 5.75 Å². The maximum absolute atomic E-state index is 12.3. The number of unbranched alkanes of at least 4 members (excludes halogenated alkanes) is 16. The van der Waals surface area contributed by atoms with E-state index in [9.17, 15) is 29.7 Å². The van der Waals surface area contributed by atoms with Crippen LogP contribution < -0.4 is 14.9 Å². The molecule has 0 spiro atoms. The van der Waals surface area contributed by atoms with E-state index in [1.54, 1.807) is 0 Å². The Morgan fingerprint density at radius 3 is 1.75 bits per heavy atom. The fourth-order valence-electron chi connectivity index (χ4n) is 5.97. The highest BCUT2D eigenvalue weighted by molar-refractivity contribution is 7.51. The monoisotopic (exact) mass is 758 g/mol. The maximum Gasteiger partial charge on any atom is 0.513 e. The second-order valence-corrected chi connectivity index (χ2v) is 16.7. The summed E-state index contributed by atoms with van der Waals surface area (Å²) in [5.41, 5.74) is 2.12. The van der Waals surface area contributed by atoms with Crippen LogP contribution in [0.25, 0.3) is 0 Å². The van der Waals surface area contributed by atoms with Crippen LogP contribution in [0.1, 0.15) is 128 Å². The number of ether oxygens (including phenoxy) is 2. The van der Waals surface area contributed by atoms with Gasteiger partial charge < -0.3 is 29.3 Å². The number of carbonyl (C=O) groups excluding carboxylic acids is 2. The van der Waals surface area contributed by atoms with E-state index in [4.69, 9.17) is 9.47 Å².